The molecule has 1 rings (SSSR count). The summed E-state index contributed by atoms with van der Waals surface area (Å²) in [5.41, 5.74) is 3.13. The molecule has 1 saturated heterocycles. The molecular formula is C11H23NO2. The van der Waals surface area contributed by atoms with E-state index >= 15 is 0 Å². The van der Waals surface area contributed by atoms with E-state index in [1.807, 2.05) is 0 Å². The van der Waals surface area contributed by atoms with Gasteiger partial charge in [-0.05, 0) is 32.6 Å². The van der Waals surface area contributed by atoms with E-state index in [2.05, 4.69) is 33.2 Å². The maximum absolute atomic E-state index is 5.65. The Labute approximate surface area is 87.1 Å². The van der Waals surface area contributed by atoms with Gasteiger partial charge in [-0.15, -0.1) is 0 Å². The zero-order chi connectivity index (χ0) is 10.6. The fourth-order valence-electron chi connectivity index (χ4n) is 1.83. The van der Waals surface area contributed by atoms with Crippen LogP contribution in [0.2, 0.25) is 0 Å². The summed E-state index contributed by atoms with van der Waals surface area (Å²) in [5.74, 6) is 0.581. The van der Waals surface area contributed by atoms with Gasteiger partial charge in [0.15, 0.2) is 0 Å². The van der Waals surface area contributed by atoms with E-state index in [-0.39, 0.29) is 0 Å². The summed E-state index contributed by atoms with van der Waals surface area (Å²) in [4.78, 5) is 5.43. The molecule has 1 aliphatic heterocycles. The van der Waals surface area contributed by atoms with Crippen LogP contribution < -0.4 is 5.48 Å². The molecule has 0 spiro atoms. The number of hydrogen-bond acceptors (Lipinski definition) is 3. The first-order valence-corrected chi connectivity index (χ1v) is 5.60. The van der Waals surface area contributed by atoms with Crippen LogP contribution in [0.3, 0.4) is 0 Å². The van der Waals surface area contributed by atoms with E-state index in [9.17, 15) is 0 Å². The highest BCUT2D eigenvalue weighted by Gasteiger charge is 2.24. The van der Waals surface area contributed by atoms with Crippen LogP contribution in [0.1, 0.15) is 40.5 Å². The van der Waals surface area contributed by atoms with Crippen LogP contribution >= 0.6 is 0 Å². The Hall–Kier alpha value is -0.120. The minimum absolute atomic E-state index is 0.346. The number of hydrogen-bond donors (Lipinski definition) is 1. The molecule has 2 unspecified atom stereocenters. The highest BCUT2D eigenvalue weighted by molar-refractivity contribution is 4.76. The highest BCUT2D eigenvalue weighted by atomic mass is 16.6. The third-order valence-electron chi connectivity index (χ3n) is 2.36. The molecule has 0 saturated carbocycles. The third kappa shape index (κ3) is 4.40. The summed E-state index contributed by atoms with van der Waals surface area (Å²) in [6.45, 7) is 9.31. The van der Waals surface area contributed by atoms with Crippen molar-refractivity contribution in [2.75, 3.05) is 6.61 Å². The minimum atomic E-state index is 0.346. The molecule has 0 aromatic rings. The molecule has 0 radical (unpaired) electrons. The maximum atomic E-state index is 5.65. The number of nitrogens with one attached hydrogen (secondary N) is 1. The van der Waals surface area contributed by atoms with Gasteiger partial charge in [0.05, 0.1) is 18.8 Å². The Morgan fingerprint density at radius 1 is 1.29 bits per heavy atom. The molecule has 1 fully saturated rings. The van der Waals surface area contributed by atoms with Crippen molar-refractivity contribution >= 4 is 0 Å². The van der Waals surface area contributed by atoms with Crippen LogP contribution in [0.4, 0.5) is 0 Å². The molecular weight excluding hydrogens is 178 g/mol. The molecule has 84 valence electrons. The lowest BCUT2D eigenvalue weighted by Gasteiger charge is -2.32. The lowest BCUT2D eigenvalue weighted by atomic mass is 10.0. The smallest absolute Gasteiger partial charge is 0.0705 e. The van der Waals surface area contributed by atoms with Crippen molar-refractivity contribution in [3.63, 3.8) is 0 Å². The Bertz CT molecular complexity index is 151. The molecule has 0 aromatic heterocycles. The fraction of sp³-hybridized carbons (Fsp3) is 1.00. The summed E-state index contributed by atoms with van der Waals surface area (Å²) < 4.78 is 5.65. The van der Waals surface area contributed by atoms with Crippen LogP contribution in [-0.4, -0.2) is 24.9 Å². The van der Waals surface area contributed by atoms with Gasteiger partial charge in [-0.2, -0.15) is 5.48 Å². The van der Waals surface area contributed by atoms with Gasteiger partial charge in [0.25, 0.3) is 0 Å². The van der Waals surface area contributed by atoms with Crippen LogP contribution in [0.25, 0.3) is 0 Å². The first kappa shape index (κ1) is 12.0. The number of ether oxygens (including phenoxy) is 1. The Morgan fingerprint density at radius 3 is 2.36 bits per heavy atom. The van der Waals surface area contributed by atoms with E-state index in [0.29, 0.717) is 24.2 Å². The van der Waals surface area contributed by atoms with Gasteiger partial charge in [-0.3, -0.25) is 0 Å². The SMILES string of the molecule is CC(C)CONC1CC(C)OC(C)C1. The molecule has 0 aromatic carbocycles. The third-order valence-corrected chi connectivity index (χ3v) is 2.36. The summed E-state index contributed by atoms with van der Waals surface area (Å²) in [6, 6.07) is 0.451. The second-order valence-corrected chi connectivity index (χ2v) is 4.75. The molecule has 3 heteroatoms. The van der Waals surface area contributed by atoms with Gasteiger partial charge in [-0.1, -0.05) is 13.8 Å². The van der Waals surface area contributed by atoms with E-state index in [1.54, 1.807) is 0 Å². The standard InChI is InChI=1S/C11H23NO2/c1-8(2)7-13-12-11-5-9(3)14-10(4)6-11/h8-12H,5-7H2,1-4H3. The first-order valence-electron chi connectivity index (χ1n) is 5.60. The van der Waals surface area contributed by atoms with Crippen molar-refractivity contribution in [2.24, 2.45) is 5.92 Å². The Morgan fingerprint density at radius 2 is 1.86 bits per heavy atom. The Balaban J connectivity index is 2.17. The molecule has 14 heavy (non-hydrogen) atoms. The lowest BCUT2D eigenvalue weighted by Crippen LogP contribution is -2.41. The Kier molecular flexibility index (Phi) is 4.85. The summed E-state index contributed by atoms with van der Waals surface area (Å²) >= 11 is 0. The zero-order valence-corrected chi connectivity index (χ0v) is 9.75. The van der Waals surface area contributed by atoms with Crippen molar-refractivity contribution in [1.29, 1.82) is 0 Å². The monoisotopic (exact) mass is 201 g/mol. The van der Waals surface area contributed by atoms with E-state index in [1.165, 1.54) is 0 Å². The molecule has 1 N–H and O–H groups in total. The second-order valence-electron chi connectivity index (χ2n) is 4.75. The van der Waals surface area contributed by atoms with Gasteiger partial charge in [0, 0.05) is 6.04 Å². The van der Waals surface area contributed by atoms with E-state index < -0.39 is 0 Å². The van der Waals surface area contributed by atoms with Gasteiger partial charge >= 0.3 is 0 Å². The molecule has 1 aliphatic rings. The summed E-state index contributed by atoms with van der Waals surface area (Å²) in [5, 5.41) is 0. The number of hydroxylamine groups is 1. The lowest BCUT2D eigenvalue weighted by molar-refractivity contribution is -0.0825. The van der Waals surface area contributed by atoms with Crippen molar-refractivity contribution in [2.45, 2.75) is 58.8 Å². The normalized spacial score (nSPS) is 33.6. The van der Waals surface area contributed by atoms with Crippen LogP contribution in [0.5, 0.6) is 0 Å². The van der Waals surface area contributed by atoms with Gasteiger partial charge in [0.2, 0.25) is 0 Å². The average Bonchev–Trinajstić information content (AvgIpc) is 2.01. The van der Waals surface area contributed by atoms with Crippen LogP contribution in [-0.2, 0) is 9.57 Å². The molecule has 1 heterocycles. The molecule has 0 amide bonds. The fourth-order valence-corrected chi connectivity index (χ4v) is 1.83. The topological polar surface area (TPSA) is 30.5 Å². The molecule has 3 nitrogen and oxygen atoms in total. The van der Waals surface area contributed by atoms with Crippen molar-refractivity contribution in [1.82, 2.24) is 5.48 Å². The summed E-state index contributed by atoms with van der Waals surface area (Å²) in [7, 11) is 0. The van der Waals surface area contributed by atoms with Gasteiger partial charge in [-0.25, -0.2) is 0 Å². The summed E-state index contributed by atoms with van der Waals surface area (Å²) in [6.07, 6.45) is 2.78. The quantitative estimate of drug-likeness (QED) is 0.707. The van der Waals surface area contributed by atoms with E-state index in [0.717, 1.165) is 19.4 Å². The van der Waals surface area contributed by atoms with Gasteiger partial charge in [0.1, 0.15) is 0 Å². The number of rotatable bonds is 4. The van der Waals surface area contributed by atoms with Crippen LogP contribution in [0.15, 0.2) is 0 Å². The molecule has 0 aliphatic carbocycles. The predicted octanol–water partition coefficient (Wildman–Crippen LogP) is 2.12. The molecule has 2 atom stereocenters. The van der Waals surface area contributed by atoms with Crippen molar-refractivity contribution in [3.05, 3.63) is 0 Å². The predicted molar refractivity (Wildman–Crippen MR) is 57.0 cm³/mol. The van der Waals surface area contributed by atoms with Gasteiger partial charge < -0.3 is 9.57 Å². The first-order chi connectivity index (χ1) is 6.58. The maximum Gasteiger partial charge on any atom is 0.0705 e. The van der Waals surface area contributed by atoms with Crippen molar-refractivity contribution < 1.29 is 9.57 Å². The van der Waals surface area contributed by atoms with E-state index in [4.69, 9.17) is 9.57 Å². The zero-order valence-electron chi connectivity index (χ0n) is 9.75. The van der Waals surface area contributed by atoms with Crippen molar-refractivity contribution in [3.8, 4) is 0 Å². The highest BCUT2D eigenvalue weighted by Crippen LogP contribution is 2.18. The van der Waals surface area contributed by atoms with Crippen LogP contribution in [0, 0.1) is 5.92 Å². The average molecular weight is 201 g/mol. The minimum Gasteiger partial charge on any atom is -0.375 e. The molecule has 0 bridgehead atoms. The second kappa shape index (κ2) is 5.69. The largest absolute Gasteiger partial charge is 0.375 e.